The van der Waals surface area contributed by atoms with Gasteiger partial charge in [0.2, 0.25) is 0 Å². The van der Waals surface area contributed by atoms with E-state index in [0.717, 1.165) is 19.4 Å². The molecule has 9 heavy (non-hydrogen) atoms. The van der Waals surface area contributed by atoms with Crippen LogP contribution in [0.25, 0.3) is 0 Å². The first kappa shape index (κ1) is 16.7. The van der Waals surface area contributed by atoms with Crippen LogP contribution in [-0.2, 0) is 4.74 Å². The maximum absolute atomic E-state index is 4.82. The van der Waals surface area contributed by atoms with Crippen LogP contribution in [0, 0.1) is 6.92 Å². The predicted octanol–water partition coefficient (Wildman–Crippen LogP) is -1.74. The van der Waals surface area contributed by atoms with E-state index in [1.165, 1.54) is 6.42 Å². The van der Waals surface area contributed by atoms with Crippen molar-refractivity contribution in [2.45, 2.75) is 19.3 Å². The second-order valence-corrected chi connectivity index (χ2v) is 1.55. The van der Waals surface area contributed by atoms with E-state index in [9.17, 15) is 0 Å². The molecule has 0 spiro atoms. The number of ether oxygens (including phenoxy) is 1. The van der Waals surface area contributed by atoms with Gasteiger partial charge in [-0.15, -0.1) is 0 Å². The largest absolute Gasteiger partial charge is 2.00 e. The molecule has 0 radical (unpaired) electrons. The van der Waals surface area contributed by atoms with Gasteiger partial charge in [0.05, 0.1) is 0 Å². The van der Waals surface area contributed by atoms with Crippen molar-refractivity contribution < 1.29 is 21.7 Å². The van der Waals surface area contributed by atoms with Gasteiger partial charge in [0.15, 0.2) is 0 Å². The molecule has 0 aliphatic carbocycles. The monoisotopic (exact) mass is 204 g/mol. The molecule has 0 aromatic rings. The van der Waals surface area contributed by atoms with E-state index in [1.54, 1.807) is 7.11 Å². The molecule has 0 aliphatic heterocycles. The summed E-state index contributed by atoms with van der Waals surface area (Å²) in [6, 6.07) is 0. The first-order valence-electron chi connectivity index (χ1n) is 2.70. The maximum Gasteiger partial charge on any atom is 2.00 e. The minimum Gasteiger partial charge on any atom is -1.00 e. The van der Waals surface area contributed by atoms with Gasteiger partial charge in [-0.2, -0.15) is 6.42 Å². The fourth-order valence-corrected chi connectivity index (χ4v) is 0.423. The molecule has 0 saturated carbocycles. The van der Waals surface area contributed by atoms with E-state index >= 15 is 0 Å². The normalized spacial score (nSPS) is 7.33. The molecule has 3 heteroatoms. The van der Waals surface area contributed by atoms with E-state index in [4.69, 9.17) is 4.74 Å². The zero-order chi connectivity index (χ0) is 5.54. The minimum absolute atomic E-state index is 0. The Bertz CT molecular complexity index is 32.2. The van der Waals surface area contributed by atoms with Crippen LogP contribution in [-0.4, -0.2) is 36.8 Å². The second-order valence-electron chi connectivity index (χ2n) is 1.55. The van der Waals surface area contributed by atoms with Crippen LogP contribution >= 0.6 is 0 Å². The van der Waals surface area contributed by atoms with Crippen LogP contribution in [0.5, 0.6) is 0 Å². The summed E-state index contributed by atoms with van der Waals surface area (Å²) in [7, 11) is 1.73. The first-order valence-corrected chi connectivity index (χ1v) is 2.70. The molecule has 0 aliphatic rings. The molecule has 1 nitrogen and oxygen atoms in total. The predicted molar refractivity (Wildman–Crippen MR) is 36.8 cm³/mol. The van der Waals surface area contributed by atoms with Crippen molar-refractivity contribution in [2.75, 3.05) is 13.7 Å². The van der Waals surface area contributed by atoms with Gasteiger partial charge in [-0.25, -0.2) is 0 Å². The van der Waals surface area contributed by atoms with E-state index in [0.29, 0.717) is 0 Å². The van der Waals surface area contributed by atoms with Gasteiger partial charge in [0.25, 0.3) is 0 Å². The van der Waals surface area contributed by atoms with Crippen LogP contribution in [0.3, 0.4) is 0 Å². The van der Waals surface area contributed by atoms with Crippen molar-refractivity contribution in [3.05, 3.63) is 6.92 Å². The third-order valence-electron chi connectivity index (χ3n) is 0.848. The van der Waals surface area contributed by atoms with Crippen molar-refractivity contribution in [1.82, 2.24) is 0 Å². The summed E-state index contributed by atoms with van der Waals surface area (Å²) in [6.45, 7) is 4.59. The Balaban J connectivity index is -0.000000180. The summed E-state index contributed by atoms with van der Waals surface area (Å²) < 4.78 is 4.82. The molecule has 0 atom stereocenters. The molecule has 0 rings (SSSR count). The fourth-order valence-electron chi connectivity index (χ4n) is 0.423. The van der Waals surface area contributed by atoms with Gasteiger partial charge in [-0.1, -0.05) is 6.42 Å². The number of hydrogen-bond acceptors (Lipinski definition) is 1. The first-order chi connectivity index (χ1) is 3.41. The topological polar surface area (TPSA) is 9.23 Å². The quantitative estimate of drug-likeness (QED) is 0.301. The molecule has 0 bridgehead atoms. The molecule has 0 unspecified atom stereocenters. The molecule has 0 aromatic heterocycles. The van der Waals surface area contributed by atoms with E-state index in [2.05, 4.69) is 6.92 Å². The van der Waals surface area contributed by atoms with Gasteiger partial charge >= 0.3 is 23.1 Å². The third kappa shape index (κ3) is 17.6. The van der Waals surface area contributed by atoms with Gasteiger partial charge < -0.3 is 28.6 Å². The van der Waals surface area contributed by atoms with Crippen molar-refractivity contribution in [3.8, 4) is 0 Å². The average Bonchev–Trinajstić information content (AvgIpc) is 1.69. The van der Waals surface area contributed by atoms with Gasteiger partial charge in [0, 0.05) is 13.7 Å². The Morgan fingerprint density at radius 3 is 2.22 bits per heavy atom. The molecule has 0 fully saturated rings. The summed E-state index contributed by atoms with van der Waals surface area (Å²) in [5.41, 5.74) is 0. The number of hydrogen-bond donors (Lipinski definition) is 0. The van der Waals surface area contributed by atoms with E-state index in [1.807, 2.05) is 0 Å². The molecule has 0 N–H and O–H groups in total. The maximum atomic E-state index is 4.82. The zero-order valence-corrected chi connectivity index (χ0v) is 9.03. The molecular weight excluding hydrogens is 192 g/mol. The van der Waals surface area contributed by atoms with Crippen molar-refractivity contribution in [3.63, 3.8) is 0 Å². The van der Waals surface area contributed by atoms with Gasteiger partial charge in [-0.3, -0.25) is 0 Å². The molecular formula is C6H13BrMgO. The number of methoxy groups -OCH3 is 1. The van der Waals surface area contributed by atoms with Crippen LogP contribution in [0.4, 0.5) is 0 Å². The van der Waals surface area contributed by atoms with Crippen LogP contribution in [0.1, 0.15) is 19.3 Å². The Morgan fingerprint density at radius 1 is 1.33 bits per heavy atom. The standard InChI is InChI=1S/C6H13O.BrH.Mg/c1-3-4-5-6-7-2;;/h1,3-6H2,2H3;1H;/q-1;;+2/p-1. The number of halogens is 1. The zero-order valence-electron chi connectivity index (χ0n) is 6.03. The Labute approximate surface area is 84.5 Å². The molecule has 0 saturated heterocycles. The third-order valence-corrected chi connectivity index (χ3v) is 0.848. The molecule has 0 amide bonds. The summed E-state index contributed by atoms with van der Waals surface area (Å²) in [5, 5.41) is 0. The second kappa shape index (κ2) is 16.1. The Kier molecular flexibility index (Phi) is 29.8. The molecule has 52 valence electrons. The smallest absolute Gasteiger partial charge is 1.00 e. The number of rotatable bonds is 4. The Hall–Kier alpha value is 1.21. The van der Waals surface area contributed by atoms with E-state index < -0.39 is 0 Å². The van der Waals surface area contributed by atoms with Gasteiger partial charge in [-0.05, 0) is 6.42 Å². The molecule has 0 heterocycles. The van der Waals surface area contributed by atoms with Crippen LogP contribution < -0.4 is 17.0 Å². The van der Waals surface area contributed by atoms with Crippen molar-refractivity contribution in [2.24, 2.45) is 0 Å². The van der Waals surface area contributed by atoms with Crippen molar-refractivity contribution in [1.29, 1.82) is 0 Å². The van der Waals surface area contributed by atoms with Crippen LogP contribution in [0.2, 0.25) is 0 Å². The SMILES string of the molecule is [Br-].[CH2-]CCCCOC.[Mg+2]. The van der Waals surface area contributed by atoms with E-state index in [-0.39, 0.29) is 40.0 Å². The Morgan fingerprint density at radius 2 is 1.89 bits per heavy atom. The average molecular weight is 205 g/mol. The number of unbranched alkanes of at least 4 members (excludes halogenated alkanes) is 2. The molecule has 0 aromatic carbocycles. The summed E-state index contributed by atoms with van der Waals surface area (Å²) in [6.07, 6.45) is 3.37. The minimum atomic E-state index is 0. The van der Waals surface area contributed by atoms with Gasteiger partial charge in [0.1, 0.15) is 0 Å². The van der Waals surface area contributed by atoms with Crippen LogP contribution in [0.15, 0.2) is 0 Å². The summed E-state index contributed by atoms with van der Waals surface area (Å²) >= 11 is 0. The van der Waals surface area contributed by atoms with Crippen molar-refractivity contribution >= 4 is 23.1 Å². The summed E-state index contributed by atoms with van der Waals surface area (Å²) in [5.74, 6) is 0. The summed E-state index contributed by atoms with van der Waals surface area (Å²) in [4.78, 5) is 0. The fraction of sp³-hybridized carbons (Fsp3) is 0.833.